The standard InChI is InChI=1S/C10H13NO/c1-9-11(7-8-12-9)10-5-3-2-4-6-10/h2-6,9H,7-8H2,1H3. The molecule has 1 heterocycles. The Morgan fingerprint density at radius 1 is 1.33 bits per heavy atom. The van der Waals surface area contributed by atoms with Crippen LogP contribution in [0.25, 0.3) is 0 Å². The molecule has 0 spiro atoms. The number of hydrogen-bond donors (Lipinski definition) is 0. The molecule has 0 aromatic heterocycles. The summed E-state index contributed by atoms with van der Waals surface area (Å²) in [6.45, 7) is 3.93. The van der Waals surface area contributed by atoms with Gasteiger partial charge in [-0.3, -0.25) is 0 Å². The SMILES string of the molecule is CC1OCCN1c1ccccc1. The summed E-state index contributed by atoms with van der Waals surface area (Å²) >= 11 is 0. The molecule has 0 aliphatic carbocycles. The maximum Gasteiger partial charge on any atom is 0.127 e. The van der Waals surface area contributed by atoms with Crippen LogP contribution in [0, 0.1) is 0 Å². The van der Waals surface area contributed by atoms with Crippen LogP contribution < -0.4 is 4.90 Å². The van der Waals surface area contributed by atoms with E-state index in [0.717, 1.165) is 13.2 Å². The molecule has 1 aliphatic rings. The van der Waals surface area contributed by atoms with E-state index >= 15 is 0 Å². The highest BCUT2D eigenvalue weighted by atomic mass is 16.5. The van der Waals surface area contributed by atoms with Gasteiger partial charge < -0.3 is 9.64 Å². The van der Waals surface area contributed by atoms with Crippen molar-refractivity contribution in [1.29, 1.82) is 0 Å². The lowest BCUT2D eigenvalue weighted by Crippen LogP contribution is -2.26. The summed E-state index contributed by atoms with van der Waals surface area (Å²) in [4.78, 5) is 2.26. The Balaban J connectivity index is 2.19. The van der Waals surface area contributed by atoms with Crippen molar-refractivity contribution in [1.82, 2.24) is 0 Å². The quantitative estimate of drug-likeness (QED) is 0.626. The summed E-state index contributed by atoms with van der Waals surface area (Å²) < 4.78 is 5.45. The third-order valence-corrected chi connectivity index (χ3v) is 2.22. The Morgan fingerprint density at radius 3 is 2.67 bits per heavy atom. The summed E-state index contributed by atoms with van der Waals surface area (Å²) in [7, 11) is 0. The number of ether oxygens (including phenoxy) is 1. The number of anilines is 1. The molecule has 1 atom stereocenters. The van der Waals surface area contributed by atoms with E-state index in [0.29, 0.717) is 0 Å². The van der Waals surface area contributed by atoms with Crippen LogP contribution in [0.2, 0.25) is 0 Å². The average molecular weight is 163 g/mol. The second kappa shape index (κ2) is 3.15. The highest BCUT2D eigenvalue weighted by Crippen LogP contribution is 2.20. The topological polar surface area (TPSA) is 12.5 Å². The third kappa shape index (κ3) is 1.30. The Labute approximate surface area is 72.8 Å². The largest absolute Gasteiger partial charge is 0.357 e. The van der Waals surface area contributed by atoms with E-state index in [1.807, 2.05) is 6.07 Å². The highest BCUT2D eigenvalue weighted by molar-refractivity contribution is 5.46. The van der Waals surface area contributed by atoms with Crippen molar-refractivity contribution >= 4 is 5.69 Å². The first-order chi connectivity index (χ1) is 5.88. The molecule has 64 valence electrons. The summed E-state index contributed by atoms with van der Waals surface area (Å²) in [6, 6.07) is 10.4. The van der Waals surface area contributed by atoms with Crippen LogP contribution in [0.3, 0.4) is 0 Å². The molecule has 0 N–H and O–H groups in total. The van der Waals surface area contributed by atoms with Crippen molar-refractivity contribution in [2.75, 3.05) is 18.1 Å². The molecule has 2 rings (SSSR count). The molecule has 1 aliphatic heterocycles. The summed E-state index contributed by atoms with van der Waals surface area (Å²) in [6.07, 6.45) is 0.229. The van der Waals surface area contributed by atoms with Crippen molar-refractivity contribution in [3.63, 3.8) is 0 Å². The second-order valence-electron chi connectivity index (χ2n) is 3.00. The minimum Gasteiger partial charge on any atom is -0.357 e. The normalized spacial score (nSPS) is 23.1. The monoisotopic (exact) mass is 163 g/mol. The lowest BCUT2D eigenvalue weighted by Gasteiger charge is -2.21. The zero-order chi connectivity index (χ0) is 8.39. The second-order valence-corrected chi connectivity index (χ2v) is 3.00. The summed E-state index contributed by atoms with van der Waals surface area (Å²) in [5.74, 6) is 0. The van der Waals surface area contributed by atoms with E-state index in [4.69, 9.17) is 4.74 Å². The van der Waals surface area contributed by atoms with Gasteiger partial charge in [0.15, 0.2) is 0 Å². The van der Waals surface area contributed by atoms with Crippen molar-refractivity contribution in [3.05, 3.63) is 30.3 Å². The van der Waals surface area contributed by atoms with Crippen LogP contribution in [0.4, 0.5) is 5.69 Å². The molecule has 1 aromatic carbocycles. The Kier molecular flexibility index (Phi) is 2.00. The van der Waals surface area contributed by atoms with Crippen LogP contribution in [-0.4, -0.2) is 19.4 Å². The fourth-order valence-corrected chi connectivity index (χ4v) is 1.55. The van der Waals surface area contributed by atoms with E-state index in [2.05, 4.69) is 36.1 Å². The van der Waals surface area contributed by atoms with Crippen LogP contribution in [0.1, 0.15) is 6.92 Å². The van der Waals surface area contributed by atoms with Crippen molar-refractivity contribution in [2.24, 2.45) is 0 Å². The van der Waals surface area contributed by atoms with E-state index in [-0.39, 0.29) is 6.23 Å². The van der Waals surface area contributed by atoms with Crippen molar-refractivity contribution < 1.29 is 4.74 Å². The minimum atomic E-state index is 0.229. The molecule has 0 saturated carbocycles. The van der Waals surface area contributed by atoms with Crippen molar-refractivity contribution in [3.8, 4) is 0 Å². The first-order valence-corrected chi connectivity index (χ1v) is 4.31. The maximum atomic E-state index is 5.45. The smallest absolute Gasteiger partial charge is 0.127 e. The third-order valence-electron chi connectivity index (χ3n) is 2.22. The molecule has 2 heteroatoms. The van der Waals surface area contributed by atoms with E-state index in [9.17, 15) is 0 Å². The molecule has 1 aromatic rings. The first-order valence-electron chi connectivity index (χ1n) is 4.31. The van der Waals surface area contributed by atoms with Gasteiger partial charge in [-0.25, -0.2) is 0 Å². The molecule has 0 radical (unpaired) electrons. The lowest BCUT2D eigenvalue weighted by atomic mass is 10.3. The Hall–Kier alpha value is -1.02. The van der Waals surface area contributed by atoms with Gasteiger partial charge in [0.25, 0.3) is 0 Å². The summed E-state index contributed by atoms with van der Waals surface area (Å²) in [5, 5.41) is 0. The Morgan fingerprint density at radius 2 is 2.08 bits per heavy atom. The summed E-state index contributed by atoms with van der Waals surface area (Å²) in [5.41, 5.74) is 1.25. The lowest BCUT2D eigenvalue weighted by molar-refractivity contribution is 0.127. The molecule has 1 fully saturated rings. The van der Waals surface area contributed by atoms with Crippen LogP contribution in [0.15, 0.2) is 30.3 Å². The number of rotatable bonds is 1. The zero-order valence-corrected chi connectivity index (χ0v) is 7.23. The van der Waals surface area contributed by atoms with Gasteiger partial charge in [-0.15, -0.1) is 0 Å². The maximum absolute atomic E-state index is 5.45. The van der Waals surface area contributed by atoms with Gasteiger partial charge in [0.2, 0.25) is 0 Å². The highest BCUT2D eigenvalue weighted by Gasteiger charge is 2.20. The molecule has 2 nitrogen and oxygen atoms in total. The Bertz CT molecular complexity index is 247. The van der Waals surface area contributed by atoms with Gasteiger partial charge in [-0.05, 0) is 19.1 Å². The van der Waals surface area contributed by atoms with Gasteiger partial charge >= 0.3 is 0 Å². The van der Waals surface area contributed by atoms with Crippen LogP contribution in [0.5, 0.6) is 0 Å². The number of para-hydroxylation sites is 1. The molecule has 0 amide bonds. The molecule has 1 unspecified atom stereocenters. The van der Waals surface area contributed by atoms with Gasteiger partial charge in [-0.2, -0.15) is 0 Å². The average Bonchev–Trinajstić information content (AvgIpc) is 2.53. The van der Waals surface area contributed by atoms with Gasteiger partial charge in [-0.1, -0.05) is 18.2 Å². The fourth-order valence-electron chi connectivity index (χ4n) is 1.55. The number of benzene rings is 1. The molecular weight excluding hydrogens is 150 g/mol. The molecular formula is C10H13NO. The minimum absolute atomic E-state index is 0.229. The van der Waals surface area contributed by atoms with Crippen molar-refractivity contribution in [2.45, 2.75) is 13.2 Å². The van der Waals surface area contributed by atoms with Gasteiger partial charge in [0.1, 0.15) is 6.23 Å². The number of nitrogens with zero attached hydrogens (tertiary/aromatic N) is 1. The van der Waals surface area contributed by atoms with E-state index in [1.165, 1.54) is 5.69 Å². The predicted octanol–water partition coefficient (Wildman–Crippen LogP) is 1.87. The number of hydrogen-bond acceptors (Lipinski definition) is 2. The van der Waals surface area contributed by atoms with Gasteiger partial charge in [0.05, 0.1) is 6.61 Å². The zero-order valence-electron chi connectivity index (χ0n) is 7.23. The predicted molar refractivity (Wildman–Crippen MR) is 49.2 cm³/mol. The molecule has 12 heavy (non-hydrogen) atoms. The van der Waals surface area contributed by atoms with E-state index < -0.39 is 0 Å². The first kappa shape index (κ1) is 7.62. The van der Waals surface area contributed by atoms with E-state index in [1.54, 1.807) is 0 Å². The van der Waals surface area contributed by atoms with Crippen LogP contribution >= 0.6 is 0 Å². The molecule has 1 saturated heterocycles. The van der Waals surface area contributed by atoms with Crippen LogP contribution in [-0.2, 0) is 4.74 Å². The van der Waals surface area contributed by atoms with Gasteiger partial charge in [0, 0.05) is 12.2 Å². The molecule has 0 bridgehead atoms. The fraction of sp³-hybridized carbons (Fsp3) is 0.400.